The van der Waals surface area contributed by atoms with Crippen LogP contribution in [0.4, 0.5) is 0 Å². The molecular weight excluding hydrogens is 523 g/mol. The van der Waals surface area contributed by atoms with Crippen LogP contribution in [0.3, 0.4) is 0 Å². The molecule has 1 aliphatic rings. The Balaban J connectivity index is 0. The van der Waals surface area contributed by atoms with Gasteiger partial charge in [-0.3, -0.25) is 6.42 Å². The molecule has 0 aromatic carbocycles. The molecule has 0 aromatic heterocycles. The second kappa shape index (κ2) is 8.47. The van der Waals surface area contributed by atoms with Crippen LogP contribution in [-0.4, -0.2) is 43.9 Å². The van der Waals surface area contributed by atoms with Crippen LogP contribution in [0.15, 0.2) is 0 Å². The molecule has 1 heterocycles. The summed E-state index contributed by atoms with van der Waals surface area (Å²) < 4.78 is 10.5. The topological polar surface area (TPSA) is 38.7 Å². The first-order valence-corrected chi connectivity index (χ1v) is 4.15. The van der Waals surface area contributed by atoms with E-state index in [1.165, 1.54) is 0 Å². The summed E-state index contributed by atoms with van der Waals surface area (Å²) >= 11 is 0. The normalized spacial score (nSPS) is 31.0. The van der Waals surface area contributed by atoms with Gasteiger partial charge in [-0.05, 0) is 20.0 Å². The molecule has 1 fully saturated rings. The maximum atomic E-state index is 9.33. The van der Waals surface area contributed by atoms with Crippen molar-refractivity contribution in [3.05, 3.63) is 6.42 Å². The van der Waals surface area contributed by atoms with Gasteiger partial charge < -0.3 is 14.6 Å². The van der Waals surface area contributed by atoms with Crippen molar-refractivity contribution in [2.75, 3.05) is 6.61 Å². The minimum Gasteiger partial charge on any atom is -0.422 e. The van der Waals surface area contributed by atoms with Crippen LogP contribution in [-0.2, 0) is 51.6 Å². The van der Waals surface area contributed by atoms with E-state index in [0.29, 0.717) is 6.61 Å². The molecule has 14 heavy (non-hydrogen) atoms. The molecule has 3 atom stereocenters. The van der Waals surface area contributed by atoms with Crippen molar-refractivity contribution in [3.63, 3.8) is 0 Å². The van der Waals surface area contributed by atoms with Gasteiger partial charge in [0.15, 0.2) is 0 Å². The number of hydrogen-bond acceptors (Lipinski definition) is 3. The minimum absolute atomic E-state index is 0. The second-order valence-electron chi connectivity index (χ2n) is 3.20. The Bertz CT molecular complexity index is 149. The molecule has 0 amide bonds. The quantitative estimate of drug-likeness (QED) is 0.404. The molecule has 0 aliphatic carbocycles. The zero-order chi connectivity index (χ0) is 9.14. The standard InChI is InChI=1S/C8H14BO3.2W/c1-5(2)11-4-7-6(10)3-8(9)12-7;;/h3,5-8,10H,4H2,1-2H3;;/q-1;;/t6-,7-,8-;;/m1../s1. The van der Waals surface area contributed by atoms with Crippen LogP contribution in [0, 0.1) is 6.42 Å². The van der Waals surface area contributed by atoms with Gasteiger partial charge in [0.1, 0.15) is 0 Å². The first kappa shape index (κ1) is 17.7. The Morgan fingerprint density at radius 2 is 2.07 bits per heavy atom. The van der Waals surface area contributed by atoms with Crippen molar-refractivity contribution in [2.45, 2.75) is 38.2 Å². The van der Waals surface area contributed by atoms with Gasteiger partial charge in [0.2, 0.25) is 0 Å². The van der Waals surface area contributed by atoms with E-state index in [1.54, 1.807) is 6.42 Å². The van der Waals surface area contributed by atoms with Gasteiger partial charge in [0.05, 0.1) is 26.7 Å². The third-order valence-electron chi connectivity index (χ3n) is 1.69. The summed E-state index contributed by atoms with van der Waals surface area (Å²) in [6, 6.07) is -0.458. The summed E-state index contributed by atoms with van der Waals surface area (Å²) in [5.74, 6) is 0. The smallest absolute Gasteiger partial charge is 0.0747 e. The Labute approximate surface area is 115 Å². The number of ether oxygens (including phenoxy) is 2. The monoisotopic (exact) mass is 537 g/mol. The van der Waals surface area contributed by atoms with E-state index in [9.17, 15) is 5.11 Å². The predicted octanol–water partition coefficient (Wildman–Crippen LogP) is -0.135. The first-order chi connectivity index (χ1) is 5.59. The molecule has 1 N–H and O–H groups in total. The third kappa shape index (κ3) is 6.03. The predicted molar refractivity (Wildman–Crippen MR) is 45.8 cm³/mol. The van der Waals surface area contributed by atoms with Crippen molar-refractivity contribution in [1.29, 1.82) is 0 Å². The fourth-order valence-electron chi connectivity index (χ4n) is 1.07. The molecule has 6 heteroatoms. The summed E-state index contributed by atoms with van der Waals surface area (Å²) in [6.45, 7) is 4.26. The van der Waals surface area contributed by atoms with Gasteiger partial charge in [0, 0.05) is 42.1 Å². The molecule has 0 bridgehead atoms. The molecule has 2 radical (unpaired) electrons. The van der Waals surface area contributed by atoms with Gasteiger partial charge in [-0.2, -0.15) is 0 Å². The van der Waals surface area contributed by atoms with Crippen LogP contribution in [0.5, 0.6) is 0 Å². The van der Waals surface area contributed by atoms with Gasteiger partial charge >= 0.3 is 0 Å². The van der Waals surface area contributed by atoms with E-state index < -0.39 is 12.1 Å². The van der Waals surface area contributed by atoms with E-state index in [2.05, 4.69) is 0 Å². The Morgan fingerprint density at radius 1 is 1.50 bits per heavy atom. The molecule has 80 valence electrons. The summed E-state index contributed by atoms with van der Waals surface area (Å²) in [7, 11) is 5.43. The van der Waals surface area contributed by atoms with E-state index in [-0.39, 0.29) is 54.3 Å². The van der Waals surface area contributed by atoms with Crippen LogP contribution < -0.4 is 0 Å². The Hall–Kier alpha value is 1.32. The summed E-state index contributed by atoms with van der Waals surface area (Å²) in [6.07, 6.45) is 0.813. The Kier molecular flexibility index (Phi) is 10.7. The number of aliphatic hydroxyl groups is 1. The maximum absolute atomic E-state index is 9.33. The van der Waals surface area contributed by atoms with E-state index in [1.807, 2.05) is 13.8 Å². The van der Waals surface area contributed by atoms with Crippen molar-refractivity contribution in [1.82, 2.24) is 0 Å². The van der Waals surface area contributed by atoms with E-state index in [4.69, 9.17) is 17.3 Å². The van der Waals surface area contributed by atoms with Crippen LogP contribution in [0.25, 0.3) is 0 Å². The number of hydrogen-bond donors (Lipinski definition) is 1. The van der Waals surface area contributed by atoms with Crippen molar-refractivity contribution in [2.24, 2.45) is 0 Å². The average molecular weight is 537 g/mol. The molecule has 1 aliphatic heterocycles. The molecule has 0 unspecified atom stereocenters. The molecule has 3 nitrogen and oxygen atoms in total. The second-order valence-corrected chi connectivity index (χ2v) is 3.20. The zero-order valence-corrected chi connectivity index (χ0v) is 14.1. The molecule has 1 saturated heterocycles. The van der Waals surface area contributed by atoms with Crippen molar-refractivity contribution < 1.29 is 56.7 Å². The molecule has 0 saturated carbocycles. The number of aliphatic hydroxyl groups excluding tert-OH is 1. The van der Waals surface area contributed by atoms with Crippen LogP contribution in [0.2, 0.25) is 0 Å². The fourth-order valence-corrected chi connectivity index (χ4v) is 1.07. The van der Waals surface area contributed by atoms with Gasteiger partial charge in [-0.15, -0.1) is 0 Å². The van der Waals surface area contributed by atoms with Crippen molar-refractivity contribution in [3.8, 4) is 0 Å². The SMILES string of the molecule is [B][C@H]1[CH-][C@@H](O)[C@@H](COC(C)C)O1.[W].[W]. The van der Waals surface area contributed by atoms with Gasteiger partial charge in [-0.25, -0.2) is 0 Å². The van der Waals surface area contributed by atoms with Crippen LogP contribution >= 0.6 is 0 Å². The minimum atomic E-state index is -0.598. The largest absolute Gasteiger partial charge is 0.422 e. The molecule has 0 aromatic rings. The molecule has 0 spiro atoms. The fraction of sp³-hybridized carbons (Fsp3) is 0.875. The summed E-state index contributed by atoms with van der Waals surface area (Å²) in [5.41, 5.74) is 0. The summed E-state index contributed by atoms with van der Waals surface area (Å²) in [5, 5.41) is 9.33. The first-order valence-electron chi connectivity index (χ1n) is 4.15. The Morgan fingerprint density at radius 3 is 2.43 bits per heavy atom. The average Bonchev–Trinajstić information content (AvgIpc) is 2.26. The molecular formula is C8H14BO3W2-. The zero-order valence-electron chi connectivity index (χ0n) is 8.25. The number of rotatable bonds is 3. The van der Waals surface area contributed by atoms with Crippen LogP contribution in [0.1, 0.15) is 13.8 Å². The third-order valence-corrected chi connectivity index (χ3v) is 1.69. The molecule has 1 rings (SSSR count). The van der Waals surface area contributed by atoms with Gasteiger partial charge in [-0.1, -0.05) is 6.00 Å². The van der Waals surface area contributed by atoms with E-state index in [0.717, 1.165) is 0 Å². The van der Waals surface area contributed by atoms with E-state index >= 15 is 0 Å². The summed E-state index contributed by atoms with van der Waals surface area (Å²) in [4.78, 5) is 0. The van der Waals surface area contributed by atoms with Crippen molar-refractivity contribution >= 4 is 7.85 Å². The van der Waals surface area contributed by atoms with Gasteiger partial charge in [0.25, 0.3) is 0 Å². The maximum Gasteiger partial charge on any atom is 0.0747 e.